The normalized spacial score (nSPS) is 11.0. The van der Waals surface area contributed by atoms with E-state index in [4.69, 9.17) is 0 Å². The number of nitrogens with one attached hydrogen (secondary N) is 1. The Balaban J connectivity index is 2.28. The molecule has 8 heteroatoms. The van der Waals surface area contributed by atoms with Crippen molar-refractivity contribution in [3.8, 4) is 11.3 Å². The summed E-state index contributed by atoms with van der Waals surface area (Å²) in [5.41, 5.74) is -0.0253. The van der Waals surface area contributed by atoms with Gasteiger partial charge in [0, 0.05) is 29.9 Å². The van der Waals surface area contributed by atoms with E-state index < -0.39 is 17.2 Å². The van der Waals surface area contributed by atoms with E-state index in [-0.39, 0.29) is 16.5 Å². The van der Waals surface area contributed by atoms with Gasteiger partial charge in [-0.3, -0.25) is 4.79 Å². The van der Waals surface area contributed by atoms with Gasteiger partial charge in [-0.05, 0) is 32.2 Å². The van der Waals surface area contributed by atoms with Crippen LogP contribution in [0.1, 0.15) is 23.1 Å². The lowest BCUT2D eigenvalue weighted by atomic mass is 10.0. The minimum Gasteiger partial charge on any atom is -0.477 e. The van der Waals surface area contributed by atoms with Crippen molar-refractivity contribution in [2.45, 2.75) is 20.0 Å². The molecule has 0 atom stereocenters. The molecule has 0 saturated heterocycles. The van der Waals surface area contributed by atoms with E-state index >= 15 is 0 Å². The van der Waals surface area contributed by atoms with Crippen molar-refractivity contribution < 1.29 is 14.3 Å². The number of hydrogen-bond acceptors (Lipinski definition) is 5. The standard InChI is InChI=1S/C18H17FN4O3/c1-3-23-9-12(18(25)26)17(24)11-6-13(19)10(7-15(11)23)14-4-5-21-16(22-14)8-20-2/h4-7,9,20H,3,8H2,1-2H3,(H,25,26). The predicted molar refractivity (Wildman–Crippen MR) is 94.6 cm³/mol. The van der Waals surface area contributed by atoms with Crippen LogP contribution in [0.2, 0.25) is 0 Å². The molecule has 3 rings (SSSR count). The molecule has 3 aromatic rings. The molecule has 134 valence electrons. The second-order valence-electron chi connectivity index (χ2n) is 5.70. The summed E-state index contributed by atoms with van der Waals surface area (Å²) < 4.78 is 16.3. The number of aromatic nitrogens is 3. The summed E-state index contributed by atoms with van der Waals surface area (Å²) in [5, 5.41) is 12.2. The number of carboxylic acid groups (broad SMARTS) is 1. The first-order chi connectivity index (χ1) is 12.5. The van der Waals surface area contributed by atoms with Gasteiger partial charge in [0.15, 0.2) is 0 Å². The smallest absolute Gasteiger partial charge is 0.341 e. The molecule has 2 heterocycles. The molecule has 0 spiro atoms. The van der Waals surface area contributed by atoms with Crippen molar-refractivity contribution in [3.05, 3.63) is 58.0 Å². The zero-order valence-electron chi connectivity index (χ0n) is 14.3. The van der Waals surface area contributed by atoms with Crippen molar-refractivity contribution in [3.63, 3.8) is 0 Å². The molecule has 0 aliphatic rings. The fourth-order valence-corrected chi connectivity index (χ4v) is 2.81. The maximum atomic E-state index is 14.7. The minimum absolute atomic E-state index is 0.0255. The summed E-state index contributed by atoms with van der Waals surface area (Å²) in [7, 11) is 1.76. The van der Waals surface area contributed by atoms with Crippen LogP contribution in [-0.2, 0) is 13.1 Å². The molecule has 26 heavy (non-hydrogen) atoms. The lowest BCUT2D eigenvalue weighted by Crippen LogP contribution is -2.19. The maximum Gasteiger partial charge on any atom is 0.341 e. The molecule has 2 aromatic heterocycles. The van der Waals surface area contributed by atoms with Gasteiger partial charge in [0.1, 0.15) is 17.2 Å². The summed E-state index contributed by atoms with van der Waals surface area (Å²) >= 11 is 0. The molecule has 1 aromatic carbocycles. The van der Waals surface area contributed by atoms with Gasteiger partial charge < -0.3 is 15.0 Å². The topological polar surface area (TPSA) is 97.1 Å². The molecule has 0 saturated carbocycles. The van der Waals surface area contributed by atoms with Gasteiger partial charge in [-0.25, -0.2) is 19.2 Å². The number of carboxylic acids is 1. The quantitative estimate of drug-likeness (QED) is 0.726. The Hall–Kier alpha value is -3.13. The van der Waals surface area contributed by atoms with Crippen LogP contribution in [0.4, 0.5) is 4.39 Å². The SMILES string of the molecule is CCn1cc(C(=O)O)c(=O)c2cc(F)c(-c3ccnc(CNC)n3)cc21. The Bertz CT molecular complexity index is 1060. The van der Waals surface area contributed by atoms with Crippen molar-refractivity contribution in [2.75, 3.05) is 7.05 Å². The summed E-state index contributed by atoms with van der Waals surface area (Å²) in [6.07, 6.45) is 2.82. The number of benzene rings is 1. The number of pyridine rings is 1. The molecule has 0 radical (unpaired) electrons. The Kier molecular flexibility index (Phi) is 4.77. The Morgan fingerprint density at radius 2 is 2.15 bits per heavy atom. The second kappa shape index (κ2) is 7.01. The number of aryl methyl sites for hydroxylation is 1. The van der Waals surface area contributed by atoms with E-state index in [2.05, 4.69) is 15.3 Å². The van der Waals surface area contributed by atoms with Crippen LogP contribution >= 0.6 is 0 Å². The summed E-state index contributed by atoms with van der Waals surface area (Å²) in [6, 6.07) is 4.18. The highest BCUT2D eigenvalue weighted by atomic mass is 19.1. The largest absolute Gasteiger partial charge is 0.477 e. The minimum atomic E-state index is -1.34. The predicted octanol–water partition coefficient (Wildman–Crippen LogP) is 2.04. The molecular formula is C18H17FN4O3. The van der Waals surface area contributed by atoms with Gasteiger partial charge in [-0.2, -0.15) is 0 Å². The fraction of sp³-hybridized carbons (Fsp3) is 0.222. The van der Waals surface area contributed by atoms with E-state index in [0.717, 1.165) is 6.07 Å². The number of fused-ring (bicyclic) bond motifs is 1. The van der Waals surface area contributed by atoms with Crippen molar-refractivity contribution in [2.24, 2.45) is 0 Å². The van der Waals surface area contributed by atoms with Crippen LogP contribution in [0.15, 0.2) is 35.4 Å². The van der Waals surface area contributed by atoms with Gasteiger partial charge in [-0.15, -0.1) is 0 Å². The van der Waals surface area contributed by atoms with Crippen LogP contribution in [0.25, 0.3) is 22.2 Å². The molecule has 0 bridgehead atoms. The maximum absolute atomic E-state index is 14.7. The van der Waals surface area contributed by atoms with Crippen molar-refractivity contribution in [1.82, 2.24) is 19.9 Å². The van der Waals surface area contributed by atoms with Crippen molar-refractivity contribution in [1.29, 1.82) is 0 Å². The van der Waals surface area contributed by atoms with Crippen molar-refractivity contribution >= 4 is 16.9 Å². The molecule has 0 amide bonds. The highest BCUT2D eigenvalue weighted by Gasteiger charge is 2.17. The molecule has 0 aliphatic carbocycles. The number of nitrogens with zero attached hydrogens (tertiary/aromatic N) is 3. The van der Waals surface area contributed by atoms with E-state index in [1.54, 1.807) is 23.9 Å². The second-order valence-corrected chi connectivity index (χ2v) is 5.70. The van der Waals surface area contributed by atoms with Crippen LogP contribution in [0.5, 0.6) is 0 Å². The first-order valence-corrected chi connectivity index (χ1v) is 8.03. The molecular weight excluding hydrogens is 339 g/mol. The number of carbonyl (C=O) groups is 1. The monoisotopic (exact) mass is 356 g/mol. The number of aromatic carboxylic acids is 1. The number of halogens is 1. The molecule has 0 aliphatic heterocycles. The third-order valence-electron chi connectivity index (χ3n) is 4.06. The number of hydrogen-bond donors (Lipinski definition) is 2. The molecule has 0 fully saturated rings. The zero-order valence-corrected chi connectivity index (χ0v) is 14.3. The van der Waals surface area contributed by atoms with Gasteiger partial charge in [0.25, 0.3) is 0 Å². The van der Waals surface area contributed by atoms with E-state index in [1.807, 2.05) is 6.92 Å². The highest BCUT2D eigenvalue weighted by Crippen LogP contribution is 2.26. The molecule has 2 N–H and O–H groups in total. The third kappa shape index (κ3) is 3.06. The average molecular weight is 356 g/mol. The Labute approximate surface area is 148 Å². The third-order valence-corrected chi connectivity index (χ3v) is 4.06. The van der Waals surface area contributed by atoms with Crippen LogP contribution in [-0.4, -0.2) is 32.7 Å². The van der Waals surface area contributed by atoms with E-state index in [9.17, 15) is 19.1 Å². The summed E-state index contributed by atoms with van der Waals surface area (Å²) in [5.74, 6) is -1.47. The van der Waals surface area contributed by atoms with Crippen LogP contribution in [0.3, 0.4) is 0 Å². The lowest BCUT2D eigenvalue weighted by Gasteiger charge is -2.12. The molecule has 7 nitrogen and oxygen atoms in total. The first-order valence-electron chi connectivity index (χ1n) is 8.03. The first kappa shape index (κ1) is 17.7. The Morgan fingerprint density at radius 3 is 2.81 bits per heavy atom. The lowest BCUT2D eigenvalue weighted by molar-refractivity contribution is 0.0695. The van der Waals surface area contributed by atoms with Crippen LogP contribution < -0.4 is 10.7 Å². The zero-order chi connectivity index (χ0) is 18.8. The fourth-order valence-electron chi connectivity index (χ4n) is 2.81. The van der Waals surface area contributed by atoms with Crippen LogP contribution in [0, 0.1) is 5.82 Å². The summed E-state index contributed by atoms with van der Waals surface area (Å²) in [4.78, 5) is 32.1. The van der Waals surface area contributed by atoms with E-state index in [1.165, 1.54) is 12.3 Å². The van der Waals surface area contributed by atoms with Gasteiger partial charge in [0.2, 0.25) is 5.43 Å². The number of rotatable bonds is 5. The highest BCUT2D eigenvalue weighted by molar-refractivity contribution is 5.93. The Morgan fingerprint density at radius 1 is 1.38 bits per heavy atom. The summed E-state index contributed by atoms with van der Waals surface area (Å²) in [6.45, 7) is 2.68. The van der Waals surface area contributed by atoms with Gasteiger partial charge in [-0.1, -0.05) is 0 Å². The van der Waals surface area contributed by atoms with Gasteiger partial charge >= 0.3 is 5.97 Å². The van der Waals surface area contributed by atoms with E-state index in [0.29, 0.717) is 30.1 Å². The average Bonchev–Trinajstić information content (AvgIpc) is 2.62. The molecule has 0 unspecified atom stereocenters. The van der Waals surface area contributed by atoms with Gasteiger partial charge in [0.05, 0.1) is 17.8 Å².